The summed E-state index contributed by atoms with van der Waals surface area (Å²) in [5, 5.41) is 13.9. The van der Waals surface area contributed by atoms with Crippen molar-refractivity contribution in [2.24, 2.45) is 5.41 Å². The second-order valence-electron chi connectivity index (χ2n) is 5.01. The quantitative estimate of drug-likeness (QED) is 0.681. The third kappa shape index (κ3) is 4.30. The highest BCUT2D eigenvalue weighted by Gasteiger charge is 2.17. The SMILES string of the molecule is CC(C)(C)CCNc1c(Br)cncc1[N+](=O)[O-]. The molecule has 0 amide bonds. The van der Waals surface area contributed by atoms with Crippen LogP contribution in [0.15, 0.2) is 16.9 Å². The van der Waals surface area contributed by atoms with E-state index in [1.165, 1.54) is 6.20 Å². The van der Waals surface area contributed by atoms with Gasteiger partial charge in [0.15, 0.2) is 0 Å². The molecule has 0 unspecified atom stereocenters. The Morgan fingerprint density at radius 3 is 2.65 bits per heavy atom. The smallest absolute Gasteiger partial charge is 0.311 e. The monoisotopic (exact) mass is 301 g/mol. The van der Waals surface area contributed by atoms with E-state index in [-0.39, 0.29) is 11.1 Å². The van der Waals surface area contributed by atoms with Gasteiger partial charge in [-0.25, -0.2) is 0 Å². The van der Waals surface area contributed by atoms with E-state index in [1.54, 1.807) is 6.20 Å². The molecule has 6 heteroatoms. The fourth-order valence-corrected chi connectivity index (χ4v) is 1.76. The van der Waals surface area contributed by atoms with Crippen LogP contribution in [0.4, 0.5) is 11.4 Å². The summed E-state index contributed by atoms with van der Waals surface area (Å²) in [5.74, 6) is 0. The van der Waals surface area contributed by atoms with Crippen molar-refractivity contribution < 1.29 is 4.92 Å². The van der Waals surface area contributed by atoms with Crippen LogP contribution < -0.4 is 5.32 Å². The highest BCUT2D eigenvalue weighted by Crippen LogP contribution is 2.31. The van der Waals surface area contributed by atoms with Gasteiger partial charge >= 0.3 is 5.69 Å². The van der Waals surface area contributed by atoms with Gasteiger partial charge in [0.05, 0.1) is 9.40 Å². The molecule has 1 N–H and O–H groups in total. The molecule has 0 saturated carbocycles. The molecule has 1 aromatic rings. The van der Waals surface area contributed by atoms with Gasteiger partial charge in [-0.05, 0) is 27.8 Å². The Morgan fingerprint density at radius 1 is 1.47 bits per heavy atom. The maximum Gasteiger partial charge on any atom is 0.311 e. The largest absolute Gasteiger partial charge is 0.378 e. The zero-order valence-electron chi connectivity index (χ0n) is 10.2. The Kier molecular flexibility index (Phi) is 4.45. The van der Waals surface area contributed by atoms with E-state index in [0.717, 1.165) is 6.42 Å². The van der Waals surface area contributed by atoms with Crippen molar-refractivity contribution in [1.82, 2.24) is 4.98 Å². The van der Waals surface area contributed by atoms with E-state index in [4.69, 9.17) is 0 Å². The lowest BCUT2D eigenvalue weighted by atomic mass is 9.92. The lowest BCUT2D eigenvalue weighted by Crippen LogP contribution is -2.13. The molecular formula is C11H16BrN3O2. The second kappa shape index (κ2) is 5.44. The number of aromatic nitrogens is 1. The van der Waals surface area contributed by atoms with E-state index >= 15 is 0 Å². The van der Waals surface area contributed by atoms with Crippen molar-refractivity contribution in [2.45, 2.75) is 27.2 Å². The first-order valence-corrected chi connectivity index (χ1v) is 6.12. The first kappa shape index (κ1) is 13.9. The minimum atomic E-state index is -0.433. The molecule has 17 heavy (non-hydrogen) atoms. The average molecular weight is 302 g/mol. The number of halogens is 1. The van der Waals surface area contributed by atoms with Gasteiger partial charge in [-0.3, -0.25) is 15.1 Å². The van der Waals surface area contributed by atoms with Gasteiger partial charge in [0.25, 0.3) is 0 Å². The van der Waals surface area contributed by atoms with Gasteiger partial charge < -0.3 is 5.32 Å². The summed E-state index contributed by atoms with van der Waals surface area (Å²) in [4.78, 5) is 14.2. The average Bonchev–Trinajstić information content (AvgIpc) is 2.18. The third-order valence-electron chi connectivity index (χ3n) is 2.25. The maximum atomic E-state index is 10.8. The van der Waals surface area contributed by atoms with Crippen molar-refractivity contribution in [3.63, 3.8) is 0 Å². The lowest BCUT2D eigenvalue weighted by molar-refractivity contribution is -0.384. The first-order chi connectivity index (χ1) is 7.81. The van der Waals surface area contributed by atoms with Crippen molar-refractivity contribution in [1.29, 1.82) is 0 Å². The Labute approximate surface area is 109 Å². The normalized spacial score (nSPS) is 11.3. The van der Waals surface area contributed by atoms with E-state index in [9.17, 15) is 10.1 Å². The summed E-state index contributed by atoms with van der Waals surface area (Å²) in [6, 6.07) is 0. The van der Waals surface area contributed by atoms with Crippen LogP contribution in [0.2, 0.25) is 0 Å². The Morgan fingerprint density at radius 2 is 2.12 bits per heavy atom. The standard InChI is InChI=1S/C11H16BrN3O2/c1-11(2,3)4-5-14-10-8(12)6-13-7-9(10)15(16)17/h6-7H,4-5H2,1-3H3,(H,13,14). The van der Waals surface area contributed by atoms with Crippen LogP contribution in [0, 0.1) is 15.5 Å². The number of pyridine rings is 1. The molecule has 0 aliphatic rings. The predicted octanol–water partition coefficient (Wildman–Crippen LogP) is 3.60. The Balaban J connectivity index is 2.79. The van der Waals surface area contributed by atoms with Gasteiger partial charge in [-0.1, -0.05) is 20.8 Å². The fourth-order valence-electron chi connectivity index (χ4n) is 1.30. The van der Waals surface area contributed by atoms with Crippen LogP contribution >= 0.6 is 15.9 Å². The molecular weight excluding hydrogens is 286 g/mol. The number of hydrogen-bond acceptors (Lipinski definition) is 4. The van der Waals surface area contributed by atoms with E-state index < -0.39 is 4.92 Å². The molecule has 0 fully saturated rings. The Bertz CT molecular complexity index is 416. The van der Waals surface area contributed by atoms with Crippen LogP contribution in [0.25, 0.3) is 0 Å². The van der Waals surface area contributed by atoms with Crippen molar-refractivity contribution in [3.8, 4) is 0 Å². The number of nitrogens with one attached hydrogen (secondary N) is 1. The molecule has 5 nitrogen and oxygen atoms in total. The molecule has 0 aliphatic carbocycles. The van der Waals surface area contributed by atoms with E-state index in [0.29, 0.717) is 16.7 Å². The van der Waals surface area contributed by atoms with E-state index in [2.05, 4.69) is 47.0 Å². The number of hydrogen-bond donors (Lipinski definition) is 1. The molecule has 0 aliphatic heterocycles. The van der Waals surface area contributed by atoms with Crippen LogP contribution in [0.3, 0.4) is 0 Å². The van der Waals surface area contributed by atoms with Gasteiger partial charge in [-0.2, -0.15) is 0 Å². The van der Waals surface area contributed by atoms with Crippen molar-refractivity contribution in [3.05, 3.63) is 27.0 Å². The number of nitro groups is 1. The molecule has 0 spiro atoms. The van der Waals surface area contributed by atoms with Crippen LogP contribution in [-0.2, 0) is 0 Å². The zero-order valence-corrected chi connectivity index (χ0v) is 11.7. The van der Waals surface area contributed by atoms with Crippen LogP contribution in [-0.4, -0.2) is 16.5 Å². The lowest BCUT2D eigenvalue weighted by Gasteiger charge is -2.18. The molecule has 1 heterocycles. The van der Waals surface area contributed by atoms with Crippen molar-refractivity contribution in [2.75, 3.05) is 11.9 Å². The van der Waals surface area contributed by atoms with Gasteiger partial charge in [-0.15, -0.1) is 0 Å². The molecule has 1 rings (SSSR count). The van der Waals surface area contributed by atoms with Crippen molar-refractivity contribution >= 4 is 27.3 Å². The Hall–Kier alpha value is -1.17. The van der Waals surface area contributed by atoms with Gasteiger partial charge in [0, 0.05) is 12.7 Å². The van der Waals surface area contributed by atoms with Crippen LogP contribution in [0.5, 0.6) is 0 Å². The molecule has 1 aromatic heterocycles. The second-order valence-corrected chi connectivity index (χ2v) is 5.86. The zero-order chi connectivity index (χ0) is 13.1. The summed E-state index contributed by atoms with van der Waals surface area (Å²) < 4.78 is 0.612. The molecule has 0 atom stereocenters. The number of rotatable bonds is 4. The molecule has 0 aromatic carbocycles. The topological polar surface area (TPSA) is 68.1 Å². The summed E-state index contributed by atoms with van der Waals surface area (Å²) in [5.41, 5.74) is 0.684. The first-order valence-electron chi connectivity index (χ1n) is 5.33. The minimum absolute atomic E-state index is 0.00622. The van der Waals surface area contributed by atoms with Gasteiger partial charge in [0.1, 0.15) is 11.9 Å². The van der Waals surface area contributed by atoms with E-state index in [1.807, 2.05) is 0 Å². The van der Waals surface area contributed by atoms with Crippen LogP contribution in [0.1, 0.15) is 27.2 Å². The summed E-state index contributed by atoms with van der Waals surface area (Å²) >= 11 is 3.27. The highest BCUT2D eigenvalue weighted by atomic mass is 79.9. The predicted molar refractivity (Wildman–Crippen MR) is 71.2 cm³/mol. The maximum absolute atomic E-state index is 10.8. The number of anilines is 1. The highest BCUT2D eigenvalue weighted by molar-refractivity contribution is 9.10. The minimum Gasteiger partial charge on any atom is -0.378 e. The summed E-state index contributed by atoms with van der Waals surface area (Å²) in [6.45, 7) is 7.08. The van der Waals surface area contributed by atoms with Gasteiger partial charge in [0.2, 0.25) is 0 Å². The molecule has 94 valence electrons. The fraction of sp³-hybridized carbons (Fsp3) is 0.545. The molecule has 0 bridgehead atoms. The summed E-state index contributed by atoms with van der Waals surface area (Å²) in [7, 11) is 0. The third-order valence-corrected chi connectivity index (χ3v) is 2.85. The molecule has 0 saturated heterocycles. The number of nitrogens with zero attached hydrogens (tertiary/aromatic N) is 2. The summed E-state index contributed by atoms with van der Waals surface area (Å²) in [6.07, 6.45) is 3.73. The molecule has 0 radical (unpaired) electrons.